The van der Waals surface area contributed by atoms with Crippen molar-refractivity contribution >= 4 is 17.6 Å². The molecular weight excluding hydrogens is 282 g/mol. The van der Waals surface area contributed by atoms with E-state index < -0.39 is 5.97 Å². The van der Waals surface area contributed by atoms with Gasteiger partial charge in [-0.25, -0.2) is 0 Å². The summed E-state index contributed by atoms with van der Waals surface area (Å²) in [4.78, 5) is 22.6. The first-order valence-corrected chi connectivity index (χ1v) is 6.88. The molecule has 0 fully saturated rings. The summed E-state index contributed by atoms with van der Waals surface area (Å²) in [7, 11) is 0. The highest BCUT2D eigenvalue weighted by molar-refractivity contribution is 6.04. The second-order valence-corrected chi connectivity index (χ2v) is 4.79. The van der Waals surface area contributed by atoms with Gasteiger partial charge in [0, 0.05) is 11.3 Å². The molecule has 0 aliphatic carbocycles. The van der Waals surface area contributed by atoms with Gasteiger partial charge in [0.1, 0.15) is 5.75 Å². The average Bonchev–Trinajstić information content (AvgIpc) is 2.50. The lowest BCUT2D eigenvalue weighted by Gasteiger charge is -2.09. The number of benzene rings is 2. The molecule has 2 aromatic carbocycles. The van der Waals surface area contributed by atoms with Gasteiger partial charge in [-0.15, -0.1) is 0 Å². The minimum absolute atomic E-state index is 0.0600. The summed E-state index contributed by atoms with van der Waals surface area (Å²) in [5.41, 5.74) is 2.27. The molecule has 0 spiro atoms. The first kappa shape index (κ1) is 15.6. The molecule has 0 saturated heterocycles. The number of carbonyl (C=O) groups is 2. The predicted octanol–water partition coefficient (Wildman–Crippen LogP) is 3.10. The number of amides is 1. The molecule has 0 radical (unpaired) electrons. The van der Waals surface area contributed by atoms with E-state index in [1.807, 2.05) is 31.2 Å². The molecule has 114 valence electrons. The van der Waals surface area contributed by atoms with E-state index in [1.165, 1.54) is 0 Å². The van der Waals surface area contributed by atoms with Crippen molar-refractivity contribution in [3.63, 3.8) is 0 Å². The Bertz CT molecular complexity index is 665. The van der Waals surface area contributed by atoms with E-state index in [-0.39, 0.29) is 18.9 Å². The number of rotatable bonds is 6. The summed E-state index contributed by atoms with van der Waals surface area (Å²) in [5.74, 6) is -0.575. The van der Waals surface area contributed by atoms with Crippen molar-refractivity contribution in [2.75, 3.05) is 11.9 Å². The maximum atomic E-state index is 12.2. The molecule has 0 atom stereocenters. The van der Waals surface area contributed by atoms with E-state index in [4.69, 9.17) is 9.84 Å². The van der Waals surface area contributed by atoms with Crippen LogP contribution >= 0.6 is 0 Å². The van der Waals surface area contributed by atoms with Gasteiger partial charge in [-0.3, -0.25) is 9.59 Å². The highest BCUT2D eigenvalue weighted by atomic mass is 16.5. The Hall–Kier alpha value is -2.82. The molecular formula is C17H17NO4. The van der Waals surface area contributed by atoms with Crippen LogP contribution in [0.2, 0.25) is 0 Å². The summed E-state index contributed by atoms with van der Waals surface area (Å²) in [6.45, 7) is 2.03. The lowest BCUT2D eigenvalue weighted by atomic mass is 10.1. The lowest BCUT2D eigenvalue weighted by molar-refractivity contribution is -0.137. The third-order valence-electron chi connectivity index (χ3n) is 3.09. The summed E-state index contributed by atoms with van der Waals surface area (Å²) in [5, 5.41) is 11.4. The van der Waals surface area contributed by atoms with Gasteiger partial charge in [-0.05, 0) is 42.8 Å². The standard InChI is InChI=1S/C17H17NO4/c1-12-4-2-3-5-15(12)18-17(21)13-6-8-14(9-7-13)22-11-10-16(19)20/h2-9H,10-11H2,1H3,(H,18,21)(H,19,20). The molecule has 0 aliphatic rings. The smallest absolute Gasteiger partial charge is 0.306 e. The summed E-state index contributed by atoms with van der Waals surface area (Å²) in [6.07, 6.45) is -0.0600. The Kier molecular flexibility index (Phi) is 5.14. The molecule has 0 aliphatic heterocycles. The molecule has 0 heterocycles. The minimum Gasteiger partial charge on any atom is -0.493 e. The molecule has 0 aromatic heterocycles. The van der Waals surface area contributed by atoms with Gasteiger partial charge in [0.15, 0.2) is 0 Å². The Labute approximate surface area is 128 Å². The molecule has 0 bridgehead atoms. The van der Waals surface area contributed by atoms with Gasteiger partial charge < -0.3 is 15.2 Å². The van der Waals surface area contributed by atoms with Crippen molar-refractivity contribution in [2.45, 2.75) is 13.3 Å². The molecule has 2 rings (SSSR count). The Balaban J connectivity index is 1.96. The van der Waals surface area contributed by atoms with Crippen molar-refractivity contribution in [1.29, 1.82) is 0 Å². The van der Waals surface area contributed by atoms with Gasteiger partial charge in [-0.1, -0.05) is 18.2 Å². The van der Waals surface area contributed by atoms with Crippen LogP contribution in [0.5, 0.6) is 5.75 Å². The Morgan fingerprint density at radius 3 is 2.41 bits per heavy atom. The number of nitrogens with one attached hydrogen (secondary N) is 1. The third-order valence-corrected chi connectivity index (χ3v) is 3.09. The number of carbonyl (C=O) groups excluding carboxylic acids is 1. The first-order chi connectivity index (χ1) is 10.6. The van der Waals surface area contributed by atoms with E-state index in [0.29, 0.717) is 11.3 Å². The van der Waals surface area contributed by atoms with Crippen LogP contribution in [0.4, 0.5) is 5.69 Å². The number of carboxylic acids is 1. The Morgan fingerprint density at radius 2 is 1.77 bits per heavy atom. The topological polar surface area (TPSA) is 75.6 Å². The molecule has 1 amide bonds. The van der Waals surface area contributed by atoms with E-state index in [1.54, 1.807) is 24.3 Å². The average molecular weight is 299 g/mol. The maximum absolute atomic E-state index is 12.2. The van der Waals surface area contributed by atoms with Crippen molar-refractivity contribution in [3.8, 4) is 5.75 Å². The second-order valence-electron chi connectivity index (χ2n) is 4.79. The van der Waals surface area contributed by atoms with Crippen molar-refractivity contribution in [1.82, 2.24) is 0 Å². The molecule has 0 unspecified atom stereocenters. The molecule has 5 nitrogen and oxygen atoms in total. The zero-order valence-electron chi connectivity index (χ0n) is 12.2. The molecule has 2 aromatic rings. The fourth-order valence-electron chi connectivity index (χ4n) is 1.87. The van der Waals surface area contributed by atoms with Gasteiger partial charge in [-0.2, -0.15) is 0 Å². The zero-order valence-corrected chi connectivity index (χ0v) is 12.2. The number of anilines is 1. The number of hydrogen-bond acceptors (Lipinski definition) is 3. The highest BCUT2D eigenvalue weighted by Gasteiger charge is 2.07. The largest absolute Gasteiger partial charge is 0.493 e. The lowest BCUT2D eigenvalue weighted by Crippen LogP contribution is -2.12. The first-order valence-electron chi connectivity index (χ1n) is 6.88. The monoisotopic (exact) mass is 299 g/mol. The number of aryl methyl sites for hydroxylation is 1. The van der Waals surface area contributed by atoms with Crippen LogP contribution in [0.1, 0.15) is 22.3 Å². The quantitative estimate of drug-likeness (QED) is 0.859. The number of hydrogen-bond donors (Lipinski definition) is 2. The molecule has 0 saturated carbocycles. The summed E-state index contributed by atoms with van der Waals surface area (Å²) < 4.78 is 5.28. The van der Waals surface area contributed by atoms with Crippen LogP contribution in [-0.4, -0.2) is 23.6 Å². The Morgan fingerprint density at radius 1 is 1.09 bits per heavy atom. The van der Waals surface area contributed by atoms with E-state index in [9.17, 15) is 9.59 Å². The van der Waals surface area contributed by atoms with Crippen LogP contribution in [0.25, 0.3) is 0 Å². The predicted molar refractivity (Wildman–Crippen MR) is 83.3 cm³/mol. The SMILES string of the molecule is Cc1ccccc1NC(=O)c1ccc(OCCC(=O)O)cc1. The summed E-state index contributed by atoms with van der Waals surface area (Å²) in [6, 6.07) is 14.1. The molecule has 22 heavy (non-hydrogen) atoms. The normalized spacial score (nSPS) is 10.0. The maximum Gasteiger partial charge on any atom is 0.306 e. The number of ether oxygens (including phenoxy) is 1. The van der Waals surface area contributed by atoms with Gasteiger partial charge in [0.25, 0.3) is 5.91 Å². The van der Waals surface area contributed by atoms with Crippen LogP contribution in [0.15, 0.2) is 48.5 Å². The van der Waals surface area contributed by atoms with E-state index >= 15 is 0 Å². The minimum atomic E-state index is -0.908. The fraction of sp³-hybridized carbons (Fsp3) is 0.176. The van der Waals surface area contributed by atoms with Crippen LogP contribution in [-0.2, 0) is 4.79 Å². The van der Waals surface area contributed by atoms with E-state index in [2.05, 4.69) is 5.32 Å². The third kappa shape index (κ3) is 4.34. The zero-order chi connectivity index (χ0) is 15.9. The summed E-state index contributed by atoms with van der Waals surface area (Å²) >= 11 is 0. The van der Waals surface area contributed by atoms with Gasteiger partial charge in [0.2, 0.25) is 0 Å². The molecule has 5 heteroatoms. The van der Waals surface area contributed by atoms with E-state index in [0.717, 1.165) is 11.3 Å². The number of para-hydroxylation sites is 1. The van der Waals surface area contributed by atoms with Crippen molar-refractivity contribution < 1.29 is 19.4 Å². The van der Waals surface area contributed by atoms with Gasteiger partial charge in [0.05, 0.1) is 13.0 Å². The second kappa shape index (κ2) is 7.26. The van der Waals surface area contributed by atoms with Crippen molar-refractivity contribution in [3.05, 3.63) is 59.7 Å². The number of carboxylic acid groups (broad SMARTS) is 1. The highest BCUT2D eigenvalue weighted by Crippen LogP contribution is 2.17. The number of aliphatic carboxylic acids is 1. The van der Waals surface area contributed by atoms with Crippen LogP contribution < -0.4 is 10.1 Å². The fourth-order valence-corrected chi connectivity index (χ4v) is 1.87. The van der Waals surface area contributed by atoms with Gasteiger partial charge >= 0.3 is 5.97 Å². The van der Waals surface area contributed by atoms with Crippen molar-refractivity contribution in [2.24, 2.45) is 0 Å². The van der Waals surface area contributed by atoms with Crippen LogP contribution in [0.3, 0.4) is 0 Å². The van der Waals surface area contributed by atoms with Crippen LogP contribution in [0, 0.1) is 6.92 Å². The molecule has 2 N–H and O–H groups in total.